The number of likely N-dealkylation sites (tertiary alicyclic amines) is 1. The van der Waals surface area contributed by atoms with Crippen molar-refractivity contribution in [2.24, 2.45) is 5.92 Å². The highest BCUT2D eigenvalue weighted by molar-refractivity contribution is 5.39. The van der Waals surface area contributed by atoms with Gasteiger partial charge in [-0.2, -0.15) is 0 Å². The number of phenolic OH excluding ortho intramolecular Hbond substituents is 1. The van der Waals surface area contributed by atoms with Crippen molar-refractivity contribution in [3.63, 3.8) is 0 Å². The van der Waals surface area contributed by atoms with Crippen molar-refractivity contribution in [3.05, 3.63) is 23.8 Å². The summed E-state index contributed by atoms with van der Waals surface area (Å²) in [7, 11) is 1.60. The number of hydrogen-bond donors (Lipinski definition) is 3. The molecular weight excluding hydrogens is 280 g/mol. The van der Waals surface area contributed by atoms with Gasteiger partial charge in [-0.15, -0.1) is 0 Å². The van der Waals surface area contributed by atoms with Crippen LogP contribution in [-0.4, -0.2) is 54.5 Å². The van der Waals surface area contributed by atoms with Crippen LogP contribution in [0.5, 0.6) is 11.5 Å². The van der Waals surface area contributed by atoms with Crippen LogP contribution in [0, 0.1) is 5.92 Å². The molecule has 0 aromatic heterocycles. The first-order chi connectivity index (χ1) is 10.6. The molecule has 0 aliphatic carbocycles. The van der Waals surface area contributed by atoms with Gasteiger partial charge in [-0.05, 0) is 50.0 Å². The topological polar surface area (TPSA) is 65.0 Å². The summed E-state index contributed by atoms with van der Waals surface area (Å²) in [5, 5.41) is 23.1. The molecule has 3 N–H and O–H groups in total. The van der Waals surface area contributed by atoms with Gasteiger partial charge in [0, 0.05) is 25.2 Å². The summed E-state index contributed by atoms with van der Waals surface area (Å²) >= 11 is 0. The Kier molecular flexibility index (Phi) is 6.49. The molecule has 1 aromatic rings. The van der Waals surface area contributed by atoms with E-state index in [0.717, 1.165) is 30.3 Å². The van der Waals surface area contributed by atoms with Crippen LogP contribution in [-0.2, 0) is 6.54 Å². The number of piperidine rings is 1. The third kappa shape index (κ3) is 5.16. The van der Waals surface area contributed by atoms with Crippen molar-refractivity contribution in [3.8, 4) is 11.5 Å². The van der Waals surface area contributed by atoms with Crippen molar-refractivity contribution >= 4 is 0 Å². The van der Waals surface area contributed by atoms with Crippen molar-refractivity contribution in [2.45, 2.75) is 32.4 Å². The summed E-state index contributed by atoms with van der Waals surface area (Å²) in [5.74, 6) is 1.77. The second-order valence-corrected chi connectivity index (χ2v) is 6.26. The van der Waals surface area contributed by atoms with Gasteiger partial charge in [0.15, 0.2) is 0 Å². The Morgan fingerprint density at radius 1 is 1.36 bits per heavy atom. The molecule has 0 radical (unpaired) electrons. The zero-order valence-corrected chi connectivity index (χ0v) is 13.6. The number of phenols is 1. The van der Waals surface area contributed by atoms with Gasteiger partial charge in [0.05, 0.1) is 13.2 Å². The van der Waals surface area contributed by atoms with Gasteiger partial charge < -0.3 is 25.2 Å². The van der Waals surface area contributed by atoms with Crippen LogP contribution in [0.3, 0.4) is 0 Å². The van der Waals surface area contributed by atoms with Gasteiger partial charge in [-0.25, -0.2) is 0 Å². The second-order valence-electron chi connectivity index (χ2n) is 6.26. The maximum atomic E-state index is 10.1. The Bertz CT molecular complexity index is 459. The molecule has 124 valence electrons. The molecule has 0 spiro atoms. The molecule has 1 heterocycles. The minimum atomic E-state index is -0.388. The van der Waals surface area contributed by atoms with Crippen LogP contribution >= 0.6 is 0 Å². The van der Waals surface area contributed by atoms with E-state index in [1.54, 1.807) is 25.3 Å². The summed E-state index contributed by atoms with van der Waals surface area (Å²) in [5.41, 5.74) is 0.776. The van der Waals surface area contributed by atoms with Gasteiger partial charge in [-0.1, -0.05) is 6.92 Å². The number of aliphatic hydroxyl groups excluding tert-OH is 1. The maximum absolute atomic E-state index is 10.1. The Morgan fingerprint density at radius 2 is 2.09 bits per heavy atom. The van der Waals surface area contributed by atoms with Crippen LogP contribution in [0.1, 0.15) is 25.3 Å². The number of rotatable bonds is 7. The lowest BCUT2D eigenvalue weighted by Crippen LogP contribution is -2.41. The molecule has 22 heavy (non-hydrogen) atoms. The monoisotopic (exact) mass is 308 g/mol. The average molecular weight is 308 g/mol. The Morgan fingerprint density at radius 3 is 2.77 bits per heavy atom. The highest BCUT2D eigenvalue weighted by Crippen LogP contribution is 2.22. The third-order valence-corrected chi connectivity index (χ3v) is 4.33. The van der Waals surface area contributed by atoms with Gasteiger partial charge >= 0.3 is 0 Å². The van der Waals surface area contributed by atoms with Gasteiger partial charge in [0.2, 0.25) is 0 Å². The predicted molar refractivity (Wildman–Crippen MR) is 87.2 cm³/mol. The van der Waals surface area contributed by atoms with E-state index in [1.165, 1.54) is 12.8 Å². The third-order valence-electron chi connectivity index (χ3n) is 4.33. The lowest BCUT2D eigenvalue weighted by atomic mass is 9.99. The first kappa shape index (κ1) is 17.1. The first-order valence-corrected chi connectivity index (χ1v) is 8.05. The van der Waals surface area contributed by atoms with Crippen molar-refractivity contribution in [1.29, 1.82) is 0 Å². The number of ether oxygens (including phenoxy) is 1. The van der Waals surface area contributed by atoms with Gasteiger partial charge in [-0.3, -0.25) is 0 Å². The number of methoxy groups -OCH3 is 1. The molecule has 0 saturated carbocycles. The summed E-state index contributed by atoms with van der Waals surface area (Å²) in [6.07, 6.45) is 2.05. The van der Waals surface area contributed by atoms with Crippen molar-refractivity contribution in [1.82, 2.24) is 10.2 Å². The van der Waals surface area contributed by atoms with Crippen LogP contribution in [0.4, 0.5) is 0 Å². The number of benzene rings is 1. The first-order valence-electron chi connectivity index (χ1n) is 8.05. The normalized spacial score (nSPS) is 18.3. The van der Waals surface area contributed by atoms with Crippen molar-refractivity contribution in [2.75, 3.05) is 33.3 Å². The zero-order chi connectivity index (χ0) is 15.9. The van der Waals surface area contributed by atoms with Crippen LogP contribution < -0.4 is 10.1 Å². The Hall–Kier alpha value is -1.30. The largest absolute Gasteiger partial charge is 0.508 e. The summed E-state index contributed by atoms with van der Waals surface area (Å²) in [4.78, 5) is 2.33. The molecule has 1 aliphatic rings. The van der Waals surface area contributed by atoms with E-state index < -0.39 is 0 Å². The number of β-amino-alcohol motifs (C(OH)–C–C–N with tert-alkyl or cyclic N) is 1. The van der Waals surface area contributed by atoms with Crippen LogP contribution in [0.15, 0.2) is 18.2 Å². The lowest BCUT2D eigenvalue weighted by molar-refractivity contribution is 0.0906. The molecule has 2 rings (SSSR count). The smallest absolute Gasteiger partial charge is 0.120 e. The van der Waals surface area contributed by atoms with E-state index in [0.29, 0.717) is 19.6 Å². The molecule has 1 atom stereocenters. The molecule has 5 heteroatoms. The van der Waals surface area contributed by atoms with E-state index >= 15 is 0 Å². The van der Waals surface area contributed by atoms with Gasteiger partial charge in [0.25, 0.3) is 0 Å². The van der Waals surface area contributed by atoms with E-state index in [-0.39, 0.29) is 11.9 Å². The SMILES string of the molecule is COc1ccc(O)c(CNCC(O)CN2CCC(C)CC2)c1. The highest BCUT2D eigenvalue weighted by atomic mass is 16.5. The van der Waals surface area contributed by atoms with Crippen LogP contribution in [0.2, 0.25) is 0 Å². The average Bonchev–Trinajstić information content (AvgIpc) is 2.51. The summed E-state index contributed by atoms with van der Waals surface area (Å²) in [6, 6.07) is 5.16. The van der Waals surface area contributed by atoms with Crippen LogP contribution in [0.25, 0.3) is 0 Å². The predicted octanol–water partition coefficient (Wildman–Crippen LogP) is 1.58. The fourth-order valence-electron chi connectivity index (χ4n) is 2.81. The number of aromatic hydroxyl groups is 1. The Labute approximate surface area is 132 Å². The number of hydrogen-bond acceptors (Lipinski definition) is 5. The quantitative estimate of drug-likeness (QED) is 0.714. The Balaban J connectivity index is 1.71. The molecule has 1 fully saturated rings. The highest BCUT2D eigenvalue weighted by Gasteiger charge is 2.18. The lowest BCUT2D eigenvalue weighted by Gasteiger charge is -2.31. The minimum absolute atomic E-state index is 0.243. The molecule has 1 aliphatic heterocycles. The molecular formula is C17H28N2O3. The fraction of sp³-hybridized carbons (Fsp3) is 0.647. The van der Waals surface area contributed by atoms with E-state index in [1.807, 2.05) is 0 Å². The number of nitrogens with one attached hydrogen (secondary N) is 1. The van der Waals surface area contributed by atoms with E-state index in [9.17, 15) is 10.2 Å². The van der Waals surface area contributed by atoms with E-state index in [2.05, 4.69) is 17.1 Å². The molecule has 1 unspecified atom stereocenters. The molecule has 1 saturated heterocycles. The number of nitrogens with zero attached hydrogens (tertiary/aromatic N) is 1. The molecule has 0 amide bonds. The van der Waals surface area contributed by atoms with Gasteiger partial charge in [0.1, 0.15) is 11.5 Å². The summed E-state index contributed by atoms with van der Waals surface area (Å²) in [6.45, 7) is 6.18. The zero-order valence-electron chi connectivity index (χ0n) is 13.6. The van der Waals surface area contributed by atoms with E-state index in [4.69, 9.17) is 4.74 Å². The second kappa shape index (κ2) is 8.36. The number of aliphatic hydroxyl groups is 1. The molecule has 5 nitrogen and oxygen atoms in total. The molecule has 1 aromatic carbocycles. The minimum Gasteiger partial charge on any atom is -0.508 e. The maximum Gasteiger partial charge on any atom is 0.120 e. The molecule has 0 bridgehead atoms. The standard InChI is InChI=1S/C17H28N2O3/c1-13-5-7-19(8-6-13)12-15(20)11-18-10-14-9-16(22-2)3-4-17(14)21/h3-4,9,13,15,18,20-21H,5-8,10-12H2,1-2H3. The van der Waals surface area contributed by atoms with Crippen molar-refractivity contribution < 1.29 is 14.9 Å². The fourth-order valence-corrected chi connectivity index (χ4v) is 2.81. The summed E-state index contributed by atoms with van der Waals surface area (Å²) < 4.78 is 5.15.